The van der Waals surface area contributed by atoms with E-state index in [-0.39, 0.29) is 48.0 Å². The van der Waals surface area contributed by atoms with Crippen LogP contribution in [0.1, 0.15) is 48.2 Å². The molecule has 0 spiro atoms. The van der Waals surface area contributed by atoms with Crippen molar-refractivity contribution >= 4 is 17.3 Å². The van der Waals surface area contributed by atoms with Crippen LogP contribution in [0.5, 0.6) is 11.5 Å². The number of rotatable bonds is 7. The first kappa shape index (κ1) is 31.2. The van der Waals surface area contributed by atoms with E-state index >= 15 is 0 Å². The average molecular weight is 617 g/mol. The van der Waals surface area contributed by atoms with Gasteiger partial charge in [-0.1, -0.05) is 12.1 Å². The number of hydrogen-bond acceptors (Lipinski definition) is 10. The highest BCUT2D eigenvalue weighted by molar-refractivity contribution is 6.25. The number of piperazine rings is 1. The number of ether oxygens (including phenoxy) is 1. The third-order valence-electron chi connectivity index (χ3n) is 10.3. The first-order chi connectivity index (χ1) is 21.5. The molecule has 10 heteroatoms. The summed E-state index contributed by atoms with van der Waals surface area (Å²) in [6.07, 6.45) is 0.624. The zero-order chi connectivity index (χ0) is 32.2. The van der Waals surface area contributed by atoms with Crippen molar-refractivity contribution in [3.05, 3.63) is 69.5 Å². The van der Waals surface area contributed by atoms with Crippen LogP contribution in [0.3, 0.4) is 0 Å². The number of phenolic OH excluding ortho intramolecular Hbond substituents is 1. The van der Waals surface area contributed by atoms with E-state index in [4.69, 9.17) is 4.74 Å². The fourth-order valence-electron chi connectivity index (χ4n) is 7.97. The number of aromatic hydroxyl groups is 1. The summed E-state index contributed by atoms with van der Waals surface area (Å²) in [7, 11) is 1.64. The maximum Gasteiger partial charge on any atom is 0.205 e. The smallest absolute Gasteiger partial charge is 0.205 e. The molecule has 2 aromatic rings. The summed E-state index contributed by atoms with van der Waals surface area (Å²) in [5.41, 5.74) is 1.54. The van der Waals surface area contributed by atoms with Gasteiger partial charge in [0.25, 0.3) is 0 Å². The van der Waals surface area contributed by atoms with E-state index in [2.05, 4.69) is 15.9 Å². The van der Waals surface area contributed by atoms with Gasteiger partial charge >= 0.3 is 0 Å². The molecule has 1 fully saturated rings. The number of phenols is 1. The Bertz CT molecular complexity index is 1650. The fourth-order valence-corrected chi connectivity index (χ4v) is 7.97. The molecule has 0 aromatic heterocycles. The van der Waals surface area contributed by atoms with E-state index in [0.717, 1.165) is 48.6 Å². The number of allylic oxidation sites excluding steroid dienone is 2. The van der Waals surface area contributed by atoms with Gasteiger partial charge in [0.15, 0.2) is 17.2 Å². The summed E-state index contributed by atoms with van der Waals surface area (Å²) in [6.45, 7) is 7.68. The van der Waals surface area contributed by atoms with E-state index < -0.39 is 34.4 Å². The number of aliphatic hydroxyl groups excluding tert-OH is 2. The third-order valence-corrected chi connectivity index (χ3v) is 10.3. The number of methoxy groups -OCH3 is 1. The third kappa shape index (κ3) is 5.10. The van der Waals surface area contributed by atoms with E-state index in [1.165, 1.54) is 13.0 Å². The average Bonchev–Trinajstić information content (AvgIpc) is 3.00. The summed E-state index contributed by atoms with van der Waals surface area (Å²) in [4.78, 5) is 44.4. The lowest BCUT2D eigenvalue weighted by Crippen LogP contribution is -2.56. The van der Waals surface area contributed by atoms with Crippen LogP contribution in [-0.4, -0.2) is 99.6 Å². The predicted molar refractivity (Wildman–Crippen MR) is 166 cm³/mol. The number of carbonyl (C=O) groups excluding carboxylic acids is 3. The standard InChI is InChI=1S/C35H40N2O8/c1-19-30-22(15-24-17-28(41)31(20(2)39)34(43)35(19,24)44)16-26-25(5-6-27(40)32(26)33(30)42)21-4-7-29(45-3)23(14-21)18-37-10-8-36(9-11-37)12-13-38/h4-7,14,22,24,38,40-41,44H,8-13,15-18H2,1-3H3/t22-,24+,35-/m0/s1. The lowest BCUT2D eigenvalue weighted by molar-refractivity contribution is -0.140. The van der Waals surface area contributed by atoms with Crippen molar-refractivity contribution in [2.24, 2.45) is 11.8 Å². The molecule has 0 amide bonds. The number of fused-ring (bicyclic) bond motifs is 3. The van der Waals surface area contributed by atoms with Crippen LogP contribution in [0.15, 0.2) is 52.8 Å². The van der Waals surface area contributed by atoms with Gasteiger partial charge in [0.05, 0.1) is 19.3 Å². The van der Waals surface area contributed by atoms with Gasteiger partial charge in [-0.3, -0.25) is 24.2 Å². The highest BCUT2D eigenvalue weighted by atomic mass is 16.5. The van der Waals surface area contributed by atoms with Crippen LogP contribution in [0.25, 0.3) is 11.1 Å². The van der Waals surface area contributed by atoms with Gasteiger partial charge in [0.2, 0.25) is 5.78 Å². The van der Waals surface area contributed by atoms with Crippen molar-refractivity contribution in [2.45, 2.75) is 45.3 Å². The summed E-state index contributed by atoms with van der Waals surface area (Å²) < 4.78 is 5.70. The quantitative estimate of drug-likeness (QED) is 0.342. The molecule has 0 bridgehead atoms. The first-order valence-electron chi connectivity index (χ1n) is 15.5. The van der Waals surface area contributed by atoms with Gasteiger partial charge in [-0.25, -0.2) is 0 Å². The van der Waals surface area contributed by atoms with Crippen LogP contribution in [-0.2, 0) is 22.6 Å². The van der Waals surface area contributed by atoms with Crippen LogP contribution in [0, 0.1) is 11.8 Å². The molecule has 1 heterocycles. The van der Waals surface area contributed by atoms with Gasteiger partial charge in [0, 0.05) is 62.7 Å². The number of nitrogens with zero attached hydrogens (tertiary/aromatic N) is 2. The highest BCUT2D eigenvalue weighted by Crippen LogP contribution is 2.53. The van der Waals surface area contributed by atoms with Crippen LogP contribution >= 0.6 is 0 Å². The van der Waals surface area contributed by atoms with E-state index in [0.29, 0.717) is 30.6 Å². The van der Waals surface area contributed by atoms with Gasteiger partial charge < -0.3 is 25.2 Å². The number of ketones is 3. The monoisotopic (exact) mass is 616 g/mol. The molecule has 10 nitrogen and oxygen atoms in total. The summed E-state index contributed by atoms with van der Waals surface area (Å²) in [5.74, 6) is -2.70. The first-order valence-corrected chi connectivity index (χ1v) is 15.5. The Balaban J connectivity index is 1.37. The zero-order valence-corrected chi connectivity index (χ0v) is 25.9. The Morgan fingerprint density at radius 3 is 2.42 bits per heavy atom. The second-order valence-electron chi connectivity index (χ2n) is 12.7. The lowest BCUT2D eigenvalue weighted by atomic mass is 9.57. The largest absolute Gasteiger partial charge is 0.511 e. The van der Waals surface area contributed by atoms with Crippen LogP contribution in [0.2, 0.25) is 0 Å². The number of benzene rings is 2. The Morgan fingerprint density at radius 1 is 1.04 bits per heavy atom. The SMILES string of the molecule is COc1ccc(-c2ccc(O)c3c2C[C@@H]2C[C@@H]4CC(O)=C(C(C)=O)C(=O)[C@]4(O)C(C)=C2C3=O)cc1CN1CCN(CCO)CC1. The fraction of sp³-hybridized carbons (Fsp3) is 0.457. The number of carbonyl (C=O) groups is 3. The Kier molecular flexibility index (Phi) is 8.19. The van der Waals surface area contributed by atoms with Gasteiger partial charge in [-0.2, -0.15) is 0 Å². The van der Waals surface area contributed by atoms with Crippen molar-refractivity contribution in [3.8, 4) is 22.6 Å². The Labute approximate surface area is 262 Å². The summed E-state index contributed by atoms with van der Waals surface area (Å²) in [5, 5.41) is 42.6. The second kappa shape index (κ2) is 11.8. The molecule has 3 aliphatic carbocycles. The Morgan fingerprint density at radius 2 is 1.76 bits per heavy atom. The minimum Gasteiger partial charge on any atom is -0.511 e. The number of Topliss-reactive ketones (excluding diaryl/α,β-unsaturated/α-hetero) is 3. The molecular weight excluding hydrogens is 576 g/mol. The van der Waals surface area contributed by atoms with Crippen molar-refractivity contribution in [2.75, 3.05) is 46.4 Å². The summed E-state index contributed by atoms with van der Waals surface area (Å²) >= 11 is 0. The van der Waals surface area contributed by atoms with E-state index in [9.17, 15) is 34.8 Å². The predicted octanol–water partition coefficient (Wildman–Crippen LogP) is 2.97. The second-order valence-corrected chi connectivity index (χ2v) is 12.7. The molecule has 0 saturated carbocycles. The summed E-state index contributed by atoms with van der Waals surface area (Å²) in [6, 6.07) is 9.26. The van der Waals surface area contributed by atoms with Gasteiger partial charge in [-0.05, 0) is 73.1 Å². The number of aliphatic hydroxyl groups is 3. The Hall–Kier alpha value is -3.83. The molecular formula is C35H40N2O8. The maximum atomic E-state index is 14.2. The van der Waals surface area contributed by atoms with E-state index in [1.54, 1.807) is 14.0 Å². The molecule has 1 aliphatic heterocycles. The molecule has 45 heavy (non-hydrogen) atoms. The van der Waals surface area contributed by atoms with Crippen LogP contribution < -0.4 is 4.74 Å². The molecule has 0 radical (unpaired) electrons. The minimum atomic E-state index is -2.08. The normalized spacial score (nSPS) is 25.6. The van der Waals surface area contributed by atoms with Crippen molar-refractivity contribution in [1.82, 2.24) is 9.80 Å². The minimum absolute atomic E-state index is 0.0394. The molecule has 0 unspecified atom stereocenters. The number of β-amino-alcohol motifs (C(OH)–C–C–N with tert-alkyl or cyclic N) is 1. The molecule has 4 aliphatic rings. The topological polar surface area (TPSA) is 148 Å². The highest BCUT2D eigenvalue weighted by Gasteiger charge is 2.57. The molecule has 3 atom stereocenters. The van der Waals surface area contributed by atoms with Gasteiger partial charge in [0.1, 0.15) is 22.8 Å². The van der Waals surface area contributed by atoms with Crippen molar-refractivity contribution < 1.29 is 39.5 Å². The molecule has 1 saturated heterocycles. The van der Waals surface area contributed by atoms with Crippen molar-refractivity contribution in [1.29, 1.82) is 0 Å². The molecule has 4 N–H and O–H groups in total. The molecule has 2 aromatic carbocycles. The van der Waals surface area contributed by atoms with E-state index in [1.807, 2.05) is 18.2 Å². The lowest BCUT2D eigenvalue weighted by Gasteiger charge is -2.47. The van der Waals surface area contributed by atoms with Gasteiger partial charge in [-0.15, -0.1) is 0 Å². The maximum absolute atomic E-state index is 14.2. The van der Waals surface area contributed by atoms with Crippen LogP contribution in [0.4, 0.5) is 0 Å². The number of hydrogen-bond donors (Lipinski definition) is 4. The zero-order valence-electron chi connectivity index (χ0n) is 25.9. The molecule has 6 rings (SSSR count). The molecule has 238 valence electrons. The van der Waals surface area contributed by atoms with Crippen molar-refractivity contribution in [3.63, 3.8) is 0 Å².